The van der Waals surface area contributed by atoms with E-state index in [0.29, 0.717) is 5.92 Å². The number of nitrogens with one attached hydrogen (secondary N) is 1. The summed E-state index contributed by atoms with van der Waals surface area (Å²) in [5.41, 5.74) is 0. The van der Waals surface area contributed by atoms with Gasteiger partial charge in [-0.05, 0) is 44.2 Å². The van der Waals surface area contributed by atoms with E-state index >= 15 is 0 Å². The molecule has 0 aliphatic heterocycles. The van der Waals surface area contributed by atoms with Crippen molar-refractivity contribution in [2.75, 3.05) is 27.3 Å². The summed E-state index contributed by atoms with van der Waals surface area (Å²) in [4.78, 5) is 0. The van der Waals surface area contributed by atoms with Gasteiger partial charge in [-0.15, -0.1) is 0 Å². The summed E-state index contributed by atoms with van der Waals surface area (Å²) in [5.74, 6) is 2.44. The van der Waals surface area contributed by atoms with Crippen molar-refractivity contribution >= 4 is 0 Å². The average molecular weight is 213 g/mol. The highest BCUT2D eigenvalue weighted by molar-refractivity contribution is 4.79. The summed E-state index contributed by atoms with van der Waals surface area (Å²) in [6, 6.07) is 0. The third-order valence-corrected chi connectivity index (χ3v) is 3.84. The molecule has 0 radical (unpaired) electrons. The van der Waals surface area contributed by atoms with E-state index in [2.05, 4.69) is 19.3 Å². The maximum Gasteiger partial charge on any atom is 0.0490 e. The molecule has 1 rings (SSSR count). The average Bonchev–Trinajstić information content (AvgIpc) is 2.44. The van der Waals surface area contributed by atoms with Crippen molar-refractivity contribution in [3.8, 4) is 0 Å². The van der Waals surface area contributed by atoms with Gasteiger partial charge in [0.05, 0.1) is 0 Å². The normalized spacial score (nSPS) is 29.8. The fourth-order valence-corrected chi connectivity index (χ4v) is 3.06. The zero-order chi connectivity index (χ0) is 11.1. The quantitative estimate of drug-likeness (QED) is 0.709. The van der Waals surface area contributed by atoms with E-state index in [9.17, 15) is 0 Å². The third-order valence-electron chi connectivity index (χ3n) is 3.84. The summed E-state index contributed by atoms with van der Waals surface area (Å²) in [7, 11) is 3.89. The van der Waals surface area contributed by atoms with E-state index in [-0.39, 0.29) is 0 Å². The number of ether oxygens (including phenoxy) is 1. The van der Waals surface area contributed by atoms with Crippen LogP contribution in [0.15, 0.2) is 0 Å². The van der Waals surface area contributed by atoms with E-state index in [1.807, 2.05) is 7.11 Å². The largest absolute Gasteiger partial charge is 0.384 e. The predicted molar refractivity (Wildman–Crippen MR) is 65.0 cm³/mol. The Morgan fingerprint density at radius 2 is 2.00 bits per heavy atom. The lowest BCUT2D eigenvalue weighted by molar-refractivity contribution is 0.101. The van der Waals surface area contributed by atoms with Crippen LogP contribution < -0.4 is 5.32 Å². The lowest BCUT2D eigenvalue weighted by Gasteiger charge is -2.30. The van der Waals surface area contributed by atoms with Gasteiger partial charge in [0.25, 0.3) is 0 Å². The fourth-order valence-electron chi connectivity index (χ4n) is 3.06. The van der Waals surface area contributed by atoms with Crippen molar-refractivity contribution in [3.05, 3.63) is 0 Å². The molecule has 0 heterocycles. The van der Waals surface area contributed by atoms with Gasteiger partial charge in [0.2, 0.25) is 0 Å². The van der Waals surface area contributed by atoms with Crippen LogP contribution >= 0.6 is 0 Å². The number of methoxy groups -OCH3 is 1. The fraction of sp³-hybridized carbons (Fsp3) is 1.00. The molecule has 0 bridgehead atoms. The van der Waals surface area contributed by atoms with Crippen molar-refractivity contribution in [3.63, 3.8) is 0 Å². The van der Waals surface area contributed by atoms with Crippen LogP contribution in [-0.4, -0.2) is 27.3 Å². The minimum atomic E-state index is 0.714. The lowest BCUT2D eigenvalue weighted by atomic mass is 9.79. The van der Waals surface area contributed by atoms with Crippen LogP contribution in [0, 0.1) is 17.8 Å². The second kappa shape index (κ2) is 7.24. The molecule has 90 valence electrons. The van der Waals surface area contributed by atoms with Gasteiger partial charge in [0, 0.05) is 13.7 Å². The standard InChI is InChI=1S/C13H27NO/c1-11(10-15-3)13-8-6-4-5-7-12(13)9-14-2/h11-14H,4-10H2,1-3H3. The van der Waals surface area contributed by atoms with Gasteiger partial charge in [0.1, 0.15) is 0 Å². The molecule has 1 fully saturated rings. The first kappa shape index (κ1) is 13.0. The van der Waals surface area contributed by atoms with E-state index in [1.165, 1.54) is 38.6 Å². The monoisotopic (exact) mass is 213 g/mol. The smallest absolute Gasteiger partial charge is 0.0490 e. The number of hydrogen-bond donors (Lipinski definition) is 1. The van der Waals surface area contributed by atoms with Crippen LogP contribution in [0.4, 0.5) is 0 Å². The molecule has 0 aromatic heterocycles. The lowest BCUT2D eigenvalue weighted by Crippen LogP contribution is -2.30. The Morgan fingerprint density at radius 3 is 2.67 bits per heavy atom. The molecular weight excluding hydrogens is 186 g/mol. The minimum Gasteiger partial charge on any atom is -0.384 e. The molecule has 0 amide bonds. The third kappa shape index (κ3) is 4.12. The van der Waals surface area contributed by atoms with Crippen LogP contribution in [-0.2, 0) is 4.74 Å². The minimum absolute atomic E-state index is 0.714. The zero-order valence-electron chi connectivity index (χ0n) is 10.6. The van der Waals surface area contributed by atoms with Crippen LogP contribution in [0.3, 0.4) is 0 Å². The Labute approximate surface area is 94.8 Å². The van der Waals surface area contributed by atoms with Crippen LogP contribution in [0.1, 0.15) is 39.0 Å². The van der Waals surface area contributed by atoms with E-state index in [4.69, 9.17) is 4.74 Å². The Hall–Kier alpha value is -0.0800. The first-order valence-corrected chi connectivity index (χ1v) is 6.43. The van der Waals surface area contributed by atoms with Crippen molar-refractivity contribution in [2.45, 2.75) is 39.0 Å². The first-order chi connectivity index (χ1) is 7.29. The van der Waals surface area contributed by atoms with Gasteiger partial charge in [-0.3, -0.25) is 0 Å². The van der Waals surface area contributed by atoms with Gasteiger partial charge in [-0.25, -0.2) is 0 Å². The molecule has 0 aromatic rings. The Morgan fingerprint density at radius 1 is 1.27 bits per heavy atom. The molecule has 3 unspecified atom stereocenters. The van der Waals surface area contributed by atoms with Gasteiger partial charge in [0.15, 0.2) is 0 Å². The van der Waals surface area contributed by atoms with Gasteiger partial charge < -0.3 is 10.1 Å². The topological polar surface area (TPSA) is 21.3 Å². The Balaban J connectivity index is 2.52. The van der Waals surface area contributed by atoms with E-state index < -0.39 is 0 Å². The summed E-state index contributed by atoms with van der Waals surface area (Å²) < 4.78 is 5.30. The van der Waals surface area contributed by atoms with Crippen LogP contribution in [0.25, 0.3) is 0 Å². The summed E-state index contributed by atoms with van der Waals surface area (Å²) in [5, 5.41) is 3.35. The maximum atomic E-state index is 5.30. The maximum absolute atomic E-state index is 5.30. The number of rotatable bonds is 5. The molecule has 0 saturated heterocycles. The Bertz CT molecular complexity index is 161. The highest BCUT2D eigenvalue weighted by Gasteiger charge is 2.27. The molecule has 1 saturated carbocycles. The summed E-state index contributed by atoms with van der Waals surface area (Å²) in [6.45, 7) is 4.45. The molecule has 1 aliphatic carbocycles. The highest BCUT2D eigenvalue weighted by Crippen LogP contribution is 2.33. The summed E-state index contributed by atoms with van der Waals surface area (Å²) in [6.07, 6.45) is 7.06. The molecule has 15 heavy (non-hydrogen) atoms. The van der Waals surface area contributed by atoms with Gasteiger partial charge in [-0.2, -0.15) is 0 Å². The zero-order valence-corrected chi connectivity index (χ0v) is 10.6. The molecule has 0 spiro atoms. The summed E-state index contributed by atoms with van der Waals surface area (Å²) >= 11 is 0. The highest BCUT2D eigenvalue weighted by atomic mass is 16.5. The molecule has 3 atom stereocenters. The molecule has 1 aliphatic rings. The molecular formula is C13H27NO. The van der Waals surface area contributed by atoms with Crippen LogP contribution in [0.5, 0.6) is 0 Å². The molecule has 1 N–H and O–H groups in total. The van der Waals surface area contributed by atoms with Crippen molar-refractivity contribution in [2.24, 2.45) is 17.8 Å². The van der Waals surface area contributed by atoms with Gasteiger partial charge >= 0.3 is 0 Å². The van der Waals surface area contributed by atoms with Crippen molar-refractivity contribution in [1.29, 1.82) is 0 Å². The first-order valence-electron chi connectivity index (χ1n) is 6.43. The van der Waals surface area contributed by atoms with E-state index in [0.717, 1.165) is 18.4 Å². The Kier molecular flexibility index (Phi) is 6.26. The second-order valence-corrected chi connectivity index (χ2v) is 5.05. The van der Waals surface area contributed by atoms with Crippen LogP contribution in [0.2, 0.25) is 0 Å². The van der Waals surface area contributed by atoms with E-state index in [1.54, 1.807) is 0 Å². The predicted octanol–water partition coefficient (Wildman–Crippen LogP) is 2.68. The van der Waals surface area contributed by atoms with Crippen molar-refractivity contribution in [1.82, 2.24) is 5.32 Å². The van der Waals surface area contributed by atoms with Gasteiger partial charge in [-0.1, -0.05) is 26.2 Å². The van der Waals surface area contributed by atoms with Crippen molar-refractivity contribution < 1.29 is 4.74 Å². The second-order valence-electron chi connectivity index (χ2n) is 5.05. The molecule has 2 nitrogen and oxygen atoms in total. The SMILES string of the molecule is CNCC1CCCCCC1C(C)COC. The molecule has 2 heteroatoms. The molecule has 0 aromatic carbocycles. The number of hydrogen-bond acceptors (Lipinski definition) is 2.